The van der Waals surface area contributed by atoms with Crippen LogP contribution < -0.4 is 5.32 Å². The van der Waals surface area contributed by atoms with Crippen molar-refractivity contribution in [2.45, 2.75) is 26.3 Å². The van der Waals surface area contributed by atoms with Crippen LogP contribution in [-0.2, 0) is 16.0 Å². The number of rotatable bonds is 6. The summed E-state index contributed by atoms with van der Waals surface area (Å²) >= 11 is 0. The van der Waals surface area contributed by atoms with Crippen LogP contribution in [0.4, 0.5) is 0 Å². The molecule has 0 spiro atoms. The highest BCUT2D eigenvalue weighted by Crippen LogP contribution is 2.13. The molecule has 1 aliphatic rings. The summed E-state index contributed by atoms with van der Waals surface area (Å²) in [6.07, 6.45) is 1.71. The first-order chi connectivity index (χ1) is 14.0. The average Bonchev–Trinajstić information content (AvgIpc) is 3.26. The number of piperazine rings is 1. The molecule has 1 N–H and O–H groups in total. The number of carbonyl (C=O) groups is 3. The van der Waals surface area contributed by atoms with Crippen LogP contribution in [0.15, 0.2) is 53.1 Å². The molecule has 2 aromatic rings. The molecule has 0 radical (unpaired) electrons. The van der Waals surface area contributed by atoms with E-state index in [1.807, 2.05) is 44.2 Å². The molecule has 0 bridgehead atoms. The summed E-state index contributed by atoms with van der Waals surface area (Å²) in [4.78, 5) is 41.2. The Balaban J connectivity index is 1.55. The summed E-state index contributed by atoms with van der Waals surface area (Å²) < 4.78 is 5.17. The summed E-state index contributed by atoms with van der Waals surface area (Å²) in [6, 6.07) is 12.2. The number of amides is 3. The lowest BCUT2D eigenvalue weighted by Crippen LogP contribution is -2.57. The number of hydrogen-bond donors (Lipinski definition) is 1. The van der Waals surface area contributed by atoms with E-state index in [0.29, 0.717) is 31.9 Å². The van der Waals surface area contributed by atoms with Gasteiger partial charge in [-0.15, -0.1) is 0 Å². The maximum Gasteiger partial charge on any atom is 0.289 e. The highest BCUT2D eigenvalue weighted by molar-refractivity contribution is 5.92. The summed E-state index contributed by atoms with van der Waals surface area (Å²) in [5, 5.41) is 2.89. The van der Waals surface area contributed by atoms with Gasteiger partial charge in [-0.05, 0) is 23.6 Å². The van der Waals surface area contributed by atoms with Crippen LogP contribution in [-0.4, -0.2) is 59.7 Å². The molecule has 7 heteroatoms. The zero-order valence-corrected chi connectivity index (χ0v) is 16.8. The van der Waals surface area contributed by atoms with Crippen molar-refractivity contribution in [1.29, 1.82) is 0 Å². The molecule has 1 saturated heterocycles. The van der Waals surface area contributed by atoms with Crippen molar-refractivity contribution in [3.05, 3.63) is 60.1 Å². The van der Waals surface area contributed by atoms with Crippen molar-refractivity contribution in [3.8, 4) is 0 Å². The molecule has 29 heavy (non-hydrogen) atoms. The summed E-state index contributed by atoms with van der Waals surface area (Å²) in [5.41, 5.74) is 0.907. The van der Waals surface area contributed by atoms with Gasteiger partial charge in [-0.1, -0.05) is 44.2 Å². The van der Waals surface area contributed by atoms with Crippen LogP contribution in [0.25, 0.3) is 0 Å². The van der Waals surface area contributed by atoms with Gasteiger partial charge in [-0.3, -0.25) is 14.4 Å². The van der Waals surface area contributed by atoms with Gasteiger partial charge in [-0.2, -0.15) is 0 Å². The molecule has 1 atom stereocenters. The van der Waals surface area contributed by atoms with Crippen LogP contribution in [0.5, 0.6) is 0 Å². The van der Waals surface area contributed by atoms with Crippen LogP contribution >= 0.6 is 0 Å². The third kappa shape index (κ3) is 5.25. The summed E-state index contributed by atoms with van der Waals surface area (Å²) in [6.45, 7) is 5.58. The van der Waals surface area contributed by atoms with Gasteiger partial charge in [0.1, 0.15) is 6.04 Å². The number of benzene rings is 1. The molecule has 0 aliphatic carbocycles. The molecule has 1 aromatic carbocycles. The maximum atomic E-state index is 13.0. The Kier molecular flexibility index (Phi) is 6.69. The molecular weight excluding hydrogens is 370 g/mol. The Morgan fingerprint density at radius 2 is 1.62 bits per heavy atom. The second kappa shape index (κ2) is 9.41. The number of carbonyl (C=O) groups excluding carboxylic acids is 3. The predicted octanol–water partition coefficient (Wildman–Crippen LogP) is 1.95. The van der Waals surface area contributed by atoms with E-state index >= 15 is 0 Å². The van der Waals surface area contributed by atoms with Gasteiger partial charge in [0.15, 0.2) is 5.76 Å². The first-order valence-electron chi connectivity index (χ1n) is 9.90. The third-order valence-electron chi connectivity index (χ3n) is 5.07. The van der Waals surface area contributed by atoms with Crippen molar-refractivity contribution in [3.63, 3.8) is 0 Å². The van der Waals surface area contributed by atoms with Crippen LogP contribution in [0.1, 0.15) is 30.0 Å². The summed E-state index contributed by atoms with van der Waals surface area (Å²) in [5.74, 6) is -0.178. The SMILES string of the molecule is CC(C)[C@@H](NC(=O)Cc1ccccc1)C(=O)N1CCN(C(=O)c2ccco2)CC1. The minimum absolute atomic E-state index is 0.0370. The Bertz CT molecular complexity index is 825. The zero-order valence-electron chi connectivity index (χ0n) is 16.8. The van der Waals surface area contributed by atoms with E-state index in [1.54, 1.807) is 21.9 Å². The van der Waals surface area contributed by atoms with E-state index in [2.05, 4.69) is 5.32 Å². The fraction of sp³-hybridized carbons (Fsp3) is 0.409. The predicted molar refractivity (Wildman–Crippen MR) is 108 cm³/mol. The second-order valence-electron chi connectivity index (χ2n) is 7.55. The number of hydrogen-bond acceptors (Lipinski definition) is 4. The number of nitrogens with one attached hydrogen (secondary N) is 1. The molecule has 7 nitrogen and oxygen atoms in total. The number of furan rings is 1. The van der Waals surface area contributed by atoms with Crippen molar-refractivity contribution >= 4 is 17.7 Å². The molecular formula is C22H27N3O4. The van der Waals surface area contributed by atoms with E-state index < -0.39 is 6.04 Å². The van der Waals surface area contributed by atoms with Crippen molar-refractivity contribution in [2.75, 3.05) is 26.2 Å². The van der Waals surface area contributed by atoms with Crippen LogP contribution in [0.3, 0.4) is 0 Å². The van der Waals surface area contributed by atoms with Gasteiger partial charge in [0.2, 0.25) is 11.8 Å². The van der Waals surface area contributed by atoms with Gasteiger partial charge >= 0.3 is 0 Å². The highest BCUT2D eigenvalue weighted by atomic mass is 16.3. The average molecular weight is 397 g/mol. The zero-order chi connectivity index (χ0) is 20.8. The van der Waals surface area contributed by atoms with Crippen molar-refractivity contribution in [1.82, 2.24) is 15.1 Å². The summed E-state index contributed by atoms with van der Waals surface area (Å²) in [7, 11) is 0. The lowest BCUT2D eigenvalue weighted by molar-refractivity contribution is -0.138. The third-order valence-corrected chi connectivity index (χ3v) is 5.07. The van der Waals surface area contributed by atoms with Crippen molar-refractivity contribution < 1.29 is 18.8 Å². The van der Waals surface area contributed by atoms with Gasteiger partial charge in [0.05, 0.1) is 12.7 Å². The fourth-order valence-electron chi connectivity index (χ4n) is 3.40. The molecule has 3 amide bonds. The van der Waals surface area contributed by atoms with Crippen molar-refractivity contribution in [2.24, 2.45) is 5.92 Å². The Morgan fingerprint density at radius 3 is 2.21 bits per heavy atom. The number of nitrogens with zero attached hydrogens (tertiary/aromatic N) is 2. The monoisotopic (exact) mass is 397 g/mol. The molecule has 0 saturated carbocycles. The van der Waals surface area contributed by atoms with Gasteiger partial charge in [-0.25, -0.2) is 0 Å². The first-order valence-corrected chi connectivity index (χ1v) is 9.90. The van der Waals surface area contributed by atoms with Gasteiger partial charge in [0.25, 0.3) is 5.91 Å². The lowest BCUT2D eigenvalue weighted by Gasteiger charge is -2.37. The van der Waals surface area contributed by atoms with E-state index in [0.717, 1.165) is 5.56 Å². The fourth-order valence-corrected chi connectivity index (χ4v) is 3.40. The normalized spacial score (nSPS) is 15.3. The largest absolute Gasteiger partial charge is 0.459 e. The minimum Gasteiger partial charge on any atom is -0.459 e. The molecule has 1 aromatic heterocycles. The quantitative estimate of drug-likeness (QED) is 0.808. The highest BCUT2D eigenvalue weighted by Gasteiger charge is 2.32. The molecule has 0 unspecified atom stereocenters. The molecule has 1 aliphatic heterocycles. The topological polar surface area (TPSA) is 82.9 Å². The maximum absolute atomic E-state index is 13.0. The van der Waals surface area contributed by atoms with E-state index in [9.17, 15) is 14.4 Å². The first kappa shape index (κ1) is 20.6. The van der Waals surface area contributed by atoms with E-state index in [-0.39, 0.29) is 30.1 Å². The second-order valence-corrected chi connectivity index (χ2v) is 7.55. The molecule has 3 rings (SSSR count). The van der Waals surface area contributed by atoms with Crippen LogP contribution in [0.2, 0.25) is 0 Å². The van der Waals surface area contributed by atoms with Gasteiger partial charge in [0, 0.05) is 26.2 Å². The van der Waals surface area contributed by atoms with E-state index in [4.69, 9.17) is 4.42 Å². The molecule has 2 heterocycles. The molecule has 1 fully saturated rings. The lowest BCUT2D eigenvalue weighted by atomic mass is 10.0. The smallest absolute Gasteiger partial charge is 0.289 e. The standard InChI is InChI=1S/C22H27N3O4/c1-16(2)20(23-19(26)15-17-7-4-3-5-8-17)22(28)25-12-10-24(11-13-25)21(27)18-9-6-14-29-18/h3-9,14,16,20H,10-13,15H2,1-2H3,(H,23,26)/t20-/m1/s1. The minimum atomic E-state index is -0.585. The Hall–Kier alpha value is -3.09. The van der Waals surface area contributed by atoms with Crippen LogP contribution in [0, 0.1) is 5.92 Å². The van der Waals surface area contributed by atoms with Gasteiger partial charge < -0.3 is 19.5 Å². The van der Waals surface area contributed by atoms with E-state index in [1.165, 1.54) is 6.26 Å². The Morgan fingerprint density at radius 1 is 0.966 bits per heavy atom. The molecule has 154 valence electrons. The Labute approximate surface area is 170 Å².